The number of hydrogen-bond donors (Lipinski definition) is 0. The van der Waals surface area contributed by atoms with Gasteiger partial charge in [-0.2, -0.15) is 0 Å². The summed E-state index contributed by atoms with van der Waals surface area (Å²) in [6, 6.07) is 7.16. The molecule has 1 heterocycles. The minimum Gasteiger partial charge on any atom is -0.296 e. The number of hydrogen-bond acceptors (Lipinski definition) is 3. The third-order valence-corrected chi connectivity index (χ3v) is 2.55. The van der Waals surface area contributed by atoms with Crippen LogP contribution in [-0.2, 0) is 6.54 Å². The molecule has 0 bridgehead atoms. The van der Waals surface area contributed by atoms with Gasteiger partial charge in [0.25, 0.3) is 0 Å². The predicted molar refractivity (Wildman–Crippen MR) is 61.5 cm³/mol. The highest BCUT2D eigenvalue weighted by atomic mass is 35.5. The number of rotatable bonds is 3. The highest BCUT2D eigenvalue weighted by Crippen LogP contribution is 2.21. The topological polar surface area (TPSA) is 47.8 Å². The van der Waals surface area contributed by atoms with Crippen LogP contribution in [0.25, 0.3) is 11.3 Å². The van der Waals surface area contributed by atoms with Crippen LogP contribution in [0.1, 0.15) is 17.4 Å². The number of aromatic nitrogens is 3. The van der Waals surface area contributed by atoms with E-state index in [0.29, 0.717) is 23.0 Å². The SMILES string of the molecule is CCn1nnc(-c2ccc(Cl)cc2)c1C=O. The van der Waals surface area contributed by atoms with Gasteiger partial charge in [-0.05, 0) is 19.1 Å². The normalized spacial score (nSPS) is 10.4. The van der Waals surface area contributed by atoms with Crippen LogP contribution in [0.2, 0.25) is 5.02 Å². The molecule has 82 valence electrons. The Bertz CT molecular complexity index is 504. The van der Waals surface area contributed by atoms with E-state index in [9.17, 15) is 4.79 Å². The summed E-state index contributed by atoms with van der Waals surface area (Å²) in [5.41, 5.74) is 1.92. The smallest absolute Gasteiger partial charge is 0.170 e. The number of aldehydes is 1. The van der Waals surface area contributed by atoms with Gasteiger partial charge in [-0.25, -0.2) is 4.68 Å². The van der Waals surface area contributed by atoms with Crippen LogP contribution >= 0.6 is 11.6 Å². The van der Waals surface area contributed by atoms with E-state index in [0.717, 1.165) is 11.8 Å². The van der Waals surface area contributed by atoms with Gasteiger partial charge in [-0.1, -0.05) is 28.9 Å². The van der Waals surface area contributed by atoms with Crippen molar-refractivity contribution in [1.82, 2.24) is 15.0 Å². The molecule has 1 aromatic heterocycles. The van der Waals surface area contributed by atoms with Gasteiger partial charge in [0.05, 0.1) is 0 Å². The van der Waals surface area contributed by atoms with E-state index in [-0.39, 0.29) is 0 Å². The van der Waals surface area contributed by atoms with Crippen LogP contribution in [0, 0.1) is 0 Å². The minimum absolute atomic E-state index is 0.491. The van der Waals surface area contributed by atoms with E-state index in [1.54, 1.807) is 16.8 Å². The molecule has 1 aromatic carbocycles. The van der Waals surface area contributed by atoms with Crippen molar-refractivity contribution >= 4 is 17.9 Å². The molecule has 0 atom stereocenters. The maximum absolute atomic E-state index is 11.0. The Balaban J connectivity index is 2.51. The lowest BCUT2D eigenvalue weighted by molar-refractivity contribution is 0.111. The summed E-state index contributed by atoms with van der Waals surface area (Å²) >= 11 is 5.79. The van der Waals surface area contributed by atoms with Crippen LogP contribution in [0.3, 0.4) is 0 Å². The van der Waals surface area contributed by atoms with Crippen molar-refractivity contribution in [1.29, 1.82) is 0 Å². The first kappa shape index (κ1) is 10.8. The molecule has 0 aliphatic heterocycles. The lowest BCUT2D eigenvalue weighted by Gasteiger charge is -1.99. The van der Waals surface area contributed by atoms with Crippen molar-refractivity contribution in [3.8, 4) is 11.3 Å². The average molecular weight is 236 g/mol. The Morgan fingerprint density at radius 3 is 2.62 bits per heavy atom. The van der Waals surface area contributed by atoms with Gasteiger partial charge in [-0.15, -0.1) is 5.10 Å². The van der Waals surface area contributed by atoms with Crippen molar-refractivity contribution in [3.63, 3.8) is 0 Å². The molecule has 0 radical (unpaired) electrons. The Labute approximate surface area is 97.8 Å². The number of benzene rings is 1. The third kappa shape index (κ3) is 1.84. The van der Waals surface area contributed by atoms with Crippen LogP contribution in [0.5, 0.6) is 0 Å². The number of carbonyl (C=O) groups excluding carboxylic acids is 1. The van der Waals surface area contributed by atoms with Gasteiger partial charge in [0.15, 0.2) is 6.29 Å². The monoisotopic (exact) mass is 235 g/mol. The van der Waals surface area contributed by atoms with E-state index >= 15 is 0 Å². The van der Waals surface area contributed by atoms with Gasteiger partial charge in [0.1, 0.15) is 11.4 Å². The predicted octanol–water partition coefficient (Wildman–Crippen LogP) is 2.43. The van der Waals surface area contributed by atoms with Gasteiger partial charge in [-0.3, -0.25) is 4.79 Å². The van der Waals surface area contributed by atoms with Crippen LogP contribution in [0.4, 0.5) is 0 Å². The second-order valence-corrected chi connectivity index (χ2v) is 3.70. The summed E-state index contributed by atoms with van der Waals surface area (Å²) in [4.78, 5) is 11.0. The third-order valence-electron chi connectivity index (χ3n) is 2.30. The first-order valence-electron chi connectivity index (χ1n) is 4.91. The summed E-state index contributed by atoms with van der Waals surface area (Å²) < 4.78 is 1.57. The van der Waals surface area contributed by atoms with Crippen molar-refractivity contribution in [2.45, 2.75) is 13.5 Å². The highest BCUT2D eigenvalue weighted by Gasteiger charge is 2.12. The van der Waals surface area contributed by atoms with E-state index in [1.165, 1.54) is 0 Å². The van der Waals surface area contributed by atoms with Gasteiger partial charge < -0.3 is 0 Å². The van der Waals surface area contributed by atoms with E-state index in [4.69, 9.17) is 11.6 Å². The molecule has 2 rings (SSSR count). The number of carbonyl (C=O) groups is 1. The molecular weight excluding hydrogens is 226 g/mol. The van der Waals surface area contributed by atoms with Crippen molar-refractivity contribution in [2.24, 2.45) is 0 Å². The standard InChI is InChI=1S/C11H10ClN3O/c1-2-15-10(7-16)11(13-14-15)8-3-5-9(12)6-4-8/h3-7H,2H2,1H3. The molecule has 0 saturated carbocycles. The molecule has 0 aliphatic rings. The maximum atomic E-state index is 11.0. The van der Waals surface area contributed by atoms with Gasteiger partial charge >= 0.3 is 0 Å². The lowest BCUT2D eigenvalue weighted by atomic mass is 10.1. The fraction of sp³-hybridized carbons (Fsp3) is 0.182. The van der Waals surface area contributed by atoms with E-state index < -0.39 is 0 Å². The molecule has 0 N–H and O–H groups in total. The van der Waals surface area contributed by atoms with Crippen molar-refractivity contribution in [3.05, 3.63) is 35.0 Å². The molecule has 5 heteroatoms. The second kappa shape index (κ2) is 4.45. The summed E-state index contributed by atoms with van der Waals surface area (Å²) in [6.07, 6.45) is 0.771. The molecule has 16 heavy (non-hydrogen) atoms. The summed E-state index contributed by atoms with van der Waals surface area (Å²) in [6.45, 7) is 2.53. The molecule has 0 fully saturated rings. The Morgan fingerprint density at radius 1 is 1.38 bits per heavy atom. The molecule has 4 nitrogen and oxygen atoms in total. The maximum Gasteiger partial charge on any atom is 0.170 e. The highest BCUT2D eigenvalue weighted by molar-refractivity contribution is 6.30. The Kier molecular flexibility index (Phi) is 3.01. The molecule has 0 spiro atoms. The van der Waals surface area contributed by atoms with Crippen LogP contribution < -0.4 is 0 Å². The fourth-order valence-electron chi connectivity index (χ4n) is 1.48. The molecule has 0 unspecified atom stereocenters. The molecule has 0 saturated heterocycles. The minimum atomic E-state index is 0.491. The van der Waals surface area contributed by atoms with Crippen molar-refractivity contribution in [2.75, 3.05) is 0 Å². The second-order valence-electron chi connectivity index (χ2n) is 3.26. The van der Waals surface area contributed by atoms with E-state index in [1.807, 2.05) is 19.1 Å². The Morgan fingerprint density at radius 2 is 2.06 bits per heavy atom. The summed E-state index contributed by atoms with van der Waals surface area (Å²) in [7, 11) is 0. The number of halogens is 1. The Hall–Kier alpha value is -1.68. The molecule has 2 aromatic rings. The number of aryl methyl sites for hydroxylation is 1. The molecular formula is C11H10ClN3O. The first-order valence-corrected chi connectivity index (χ1v) is 5.28. The van der Waals surface area contributed by atoms with Crippen LogP contribution in [-0.4, -0.2) is 21.3 Å². The number of nitrogens with zero attached hydrogens (tertiary/aromatic N) is 3. The molecule has 0 aliphatic carbocycles. The first-order chi connectivity index (χ1) is 7.76. The largest absolute Gasteiger partial charge is 0.296 e. The van der Waals surface area contributed by atoms with Gasteiger partial charge in [0, 0.05) is 17.1 Å². The lowest BCUT2D eigenvalue weighted by Crippen LogP contribution is -2.01. The van der Waals surface area contributed by atoms with Crippen LogP contribution in [0.15, 0.2) is 24.3 Å². The summed E-state index contributed by atoms with van der Waals surface area (Å²) in [5, 5.41) is 8.56. The summed E-state index contributed by atoms with van der Waals surface area (Å²) in [5.74, 6) is 0. The zero-order chi connectivity index (χ0) is 11.5. The quantitative estimate of drug-likeness (QED) is 0.768. The van der Waals surface area contributed by atoms with Crippen molar-refractivity contribution < 1.29 is 4.79 Å². The molecule has 0 amide bonds. The van der Waals surface area contributed by atoms with Gasteiger partial charge in [0.2, 0.25) is 0 Å². The average Bonchev–Trinajstić information content (AvgIpc) is 2.72. The zero-order valence-corrected chi connectivity index (χ0v) is 9.48. The van der Waals surface area contributed by atoms with E-state index in [2.05, 4.69) is 10.3 Å². The fourth-order valence-corrected chi connectivity index (χ4v) is 1.61. The zero-order valence-electron chi connectivity index (χ0n) is 8.72.